The highest BCUT2D eigenvalue weighted by atomic mass is 16.5. The molecule has 1 aromatic rings. The van der Waals surface area contributed by atoms with Crippen molar-refractivity contribution in [3.63, 3.8) is 0 Å². The fourth-order valence-corrected chi connectivity index (χ4v) is 2.41. The summed E-state index contributed by atoms with van der Waals surface area (Å²) in [5.74, 6) is 1.16. The van der Waals surface area contributed by atoms with Gasteiger partial charge in [0.25, 0.3) is 0 Å². The monoisotopic (exact) mass is 235 g/mol. The lowest BCUT2D eigenvalue weighted by Gasteiger charge is -2.23. The Bertz CT molecular complexity index is 392. The summed E-state index contributed by atoms with van der Waals surface area (Å²) in [4.78, 5) is 9.06. The molecule has 0 saturated carbocycles. The van der Waals surface area contributed by atoms with Gasteiger partial charge in [0.15, 0.2) is 5.82 Å². The van der Waals surface area contributed by atoms with Crippen LogP contribution < -0.4 is 5.73 Å². The Morgan fingerprint density at radius 2 is 2.24 bits per heavy atom. The van der Waals surface area contributed by atoms with Crippen LogP contribution >= 0.6 is 0 Å². The molecule has 17 heavy (non-hydrogen) atoms. The third-order valence-electron chi connectivity index (χ3n) is 3.36. The van der Waals surface area contributed by atoms with Gasteiger partial charge in [-0.15, -0.1) is 0 Å². The molecule has 0 amide bonds. The number of hydrogen-bond acceptors (Lipinski definition) is 4. The molecular weight excluding hydrogens is 214 g/mol. The molecular formula is C13H21N3O. The number of nitrogens with two attached hydrogens (primary N) is 1. The second-order valence-corrected chi connectivity index (χ2v) is 5.03. The van der Waals surface area contributed by atoms with Gasteiger partial charge in [-0.25, -0.2) is 9.97 Å². The smallest absolute Gasteiger partial charge is 0.157 e. The van der Waals surface area contributed by atoms with E-state index in [2.05, 4.69) is 23.8 Å². The van der Waals surface area contributed by atoms with E-state index in [4.69, 9.17) is 10.5 Å². The SMILES string of the molecule is COC(c1ncc2c(n1)CCCC2N)C(C)C. The van der Waals surface area contributed by atoms with Crippen LogP contribution in [0.1, 0.15) is 55.9 Å². The maximum atomic E-state index is 6.05. The maximum absolute atomic E-state index is 6.05. The Hall–Kier alpha value is -1.00. The van der Waals surface area contributed by atoms with Gasteiger partial charge in [0, 0.05) is 30.6 Å². The molecule has 2 unspecified atom stereocenters. The molecule has 94 valence electrons. The largest absolute Gasteiger partial charge is 0.373 e. The van der Waals surface area contributed by atoms with Crippen LogP contribution in [0.25, 0.3) is 0 Å². The van der Waals surface area contributed by atoms with Crippen LogP contribution in [0.4, 0.5) is 0 Å². The van der Waals surface area contributed by atoms with Gasteiger partial charge in [0.2, 0.25) is 0 Å². The number of methoxy groups -OCH3 is 1. The zero-order valence-electron chi connectivity index (χ0n) is 10.8. The van der Waals surface area contributed by atoms with Gasteiger partial charge in [-0.2, -0.15) is 0 Å². The van der Waals surface area contributed by atoms with Gasteiger partial charge in [-0.1, -0.05) is 13.8 Å². The first-order valence-electron chi connectivity index (χ1n) is 6.27. The zero-order chi connectivity index (χ0) is 12.4. The third kappa shape index (κ3) is 2.48. The molecule has 0 spiro atoms. The van der Waals surface area contributed by atoms with Crippen LogP contribution in [0.15, 0.2) is 6.20 Å². The van der Waals surface area contributed by atoms with Crippen LogP contribution in [-0.2, 0) is 11.2 Å². The maximum Gasteiger partial charge on any atom is 0.157 e. The van der Waals surface area contributed by atoms with Gasteiger partial charge in [-0.05, 0) is 25.2 Å². The van der Waals surface area contributed by atoms with Crippen molar-refractivity contribution in [1.29, 1.82) is 0 Å². The van der Waals surface area contributed by atoms with Crippen LogP contribution in [0.3, 0.4) is 0 Å². The number of fused-ring (bicyclic) bond motifs is 1. The van der Waals surface area contributed by atoms with Crippen molar-refractivity contribution in [3.05, 3.63) is 23.3 Å². The third-order valence-corrected chi connectivity index (χ3v) is 3.36. The van der Waals surface area contributed by atoms with E-state index in [0.717, 1.165) is 36.3 Å². The summed E-state index contributed by atoms with van der Waals surface area (Å²) in [6.07, 6.45) is 5.01. The number of hydrogen-bond donors (Lipinski definition) is 1. The van der Waals surface area contributed by atoms with Crippen molar-refractivity contribution < 1.29 is 4.74 Å². The Kier molecular flexibility index (Phi) is 3.74. The van der Waals surface area contributed by atoms with E-state index in [0.29, 0.717) is 5.92 Å². The minimum Gasteiger partial charge on any atom is -0.373 e. The number of aromatic nitrogens is 2. The van der Waals surface area contributed by atoms with E-state index in [1.165, 1.54) is 0 Å². The summed E-state index contributed by atoms with van der Waals surface area (Å²) in [6, 6.07) is 0.104. The van der Waals surface area contributed by atoms with Crippen molar-refractivity contribution in [2.24, 2.45) is 11.7 Å². The second-order valence-electron chi connectivity index (χ2n) is 5.03. The van der Waals surface area contributed by atoms with E-state index in [1.54, 1.807) is 7.11 Å². The molecule has 2 atom stereocenters. The van der Waals surface area contributed by atoms with Gasteiger partial charge >= 0.3 is 0 Å². The van der Waals surface area contributed by atoms with Gasteiger partial charge in [0.1, 0.15) is 6.10 Å². The van der Waals surface area contributed by atoms with Gasteiger partial charge < -0.3 is 10.5 Å². The lowest BCUT2D eigenvalue weighted by Crippen LogP contribution is -2.21. The molecule has 0 saturated heterocycles. The molecule has 1 aliphatic rings. The average Bonchev–Trinajstić information content (AvgIpc) is 2.29. The topological polar surface area (TPSA) is 61.0 Å². The number of aryl methyl sites for hydroxylation is 1. The number of rotatable bonds is 3. The summed E-state index contributed by atoms with van der Waals surface area (Å²) in [7, 11) is 1.71. The molecule has 2 N–H and O–H groups in total. The molecule has 0 aliphatic heterocycles. The summed E-state index contributed by atoms with van der Waals surface area (Å²) in [5.41, 5.74) is 8.27. The molecule has 0 radical (unpaired) electrons. The summed E-state index contributed by atoms with van der Waals surface area (Å²) in [6.45, 7) is 4.23. The van der Waals surface area contributed by atoms with E-state index in [1.807, 2.05) is 6.20 Å². The molecule has 4 heteroatoms. The van der Waals surface area contributed by atoms with Crippen molar-refractivity contribution in [1.82, 2.24) is 9.97 Å². The predicted molar refractivity (Wildman–Crippen MR) is 66.5 cm³/mol. The Morgan fingerprint density at radius 1 is 1.47 bits per heavy atom. The molecule has 0 bridgehead atoms. The minimum atomic E-state index is -0.0292. The minimum absolute atomic E-state index is 0.0292. The zero-order valence-corrected chi connectivity index (χ0v) is 10.8. The first-order valence-corrected chi connectivity index (χ1v) is 6.27. The normalized spacial score (nSPS) is 21.4. The highest BCUT2D eigenvalue weighted by molar-refractivity contribution is 5.24. The van der Waals surface area contributed by atoms with E-state index in [9.17, 15) is 0 Å². The summed E-state index contributed by atoms with van der Waals surface area (Å²) < 4.78 is 5.46. The van der Waals surface area contributed by atoms with Crippen molar-refractivity contribution in [2.45, 2.75) is 45.3 Å². The average molecular weight is 235 g/mol. The summed E-state index contributed by atoms with van der Waals surface area (Å²) in [5, 5.41) is 0. The lowest BCUT2D eigenvalue weighted by atomic mass is 9.93. The standard InChI is InChI=1S/C13H21N3O/c1-8(2)12(17-3)13-15-7-9-10(14)5-4-6-11(9)16-13/h7-8,10,12H,4-6,14H2,1-3H3. The second kappa shape index (κ2) is 5.10. The van der Waals surface area contributed by atoms with Crippen molar-refractivity contribution in [2.75, 3.05) is 7.11 Å². The Morgan fingerprint density at radius 3 is 2.88 bits per heavy atom. The van der Waals surface area contributed by atoms with Gasteiger partial charge in [0.05, 0.1) is 0 Å². The van der Waals surface area contributed by atoms with E-state index >= 15 is 0 Å². The summed E-state index contributed by atoms with van der Waals surface area (Å²) >= 11 is 0. The fraction of sp³-hybridized carbons (Fsp3) is 0.692. The quantitative estimate of drug-likeness (QED) is 0.872. The lowest BCUT2D eigenvalue weighted by molar-refractivity contribution is 0.0571. The van der Waals surface area contributed by atoms with Gasteiger partial charge in [-0.3, -0.25) is 0 Å². The molecule has 4 nitrogen and oxygen atoms in total. The number of nitrogens with zero attached hydrogens (tertiary/aromatic N) is 2. The Labute approximate surface area is 103 Å². The first-order chi connectivity index (χ1) is 8.13. The fourth-order valence-electron chi connectivity index (χ4n) is 2.41. The van der Waals surface area contributed by atoms with E-state index in [-0.39, 0.29) is 12.1 Å². The van der Waals surface area contributed by atoms with Crippen LogP contribution in [0, 0.1) is 5.92 Å². The Balaban J connectivity index is 2.32. The first kappa shape index (κ1) is 12.5. The molecule has 1 heterocycles. The van der Waals surface area contributed by atoms with E-state index < -0.39 is 0 Å². The highest BCUT2D eigenvalue weighted by Crippen LogP contribution is 2.28. The van der Waals surface area contributed by atoms with Crippen molar-refractivity contribution in [3.8, 4) is 0 Å². The van der Waals surface area contributed by atoms with Crippen LogP contribution in [0.5, 0.6) is 0 Å². The molecule has 2 rings (SSSR count). The molecule has 0 fully saturated rings. The number of ether oxygens (including phenoxy) is 1. The predicted octanol–water partition coefficient (Wildman–Crippen LogP) is 2.16. The molecule has 1 aromatic heterocycles. The molecule has 1 aliphatic carbocycles. The van der Waals surface area contributed by atoms with Crippen LogP contribution in [-0.4, -0.2) is 17.1 Å². The van der Waals surface area contributed by atoms with Crippen LogP contribution in [0.2, 0.25) is 0 Å². The molecule has 0 aromatic carbocycles. The highest BCUT2D eigenvalue weighted by Gasteiger charge is 2.23. The van der Waals surface area contributed by atoms with Crippen molar-refractivity contribution >= 4 is 0 Å².